The first kappa shape index (κ1) is 15.3. The Morgan fingerprint density at radius 1 is 1.20 bits per heavy atom. The third kappa shape index (κ3) is 2.70. The molecule has 0 radical (unpaired) electrons. The highest BCUT2D eigenvalue weighted by molar-refractivity contribution is 5.99. The smallest absolute Gasteiger partial charge is 0.248 e. The van der Waals surface area contributed by atoms with Gasteiger partial charge in [-0.05, 0) is 45.4 Å². The second-order valence-corrected chi connectivity index (χ2v) is 6.83. The van der Waals surface area contributed by atoms with E-state index in [1.165, 1.54) is 6.42 Å². The van der Waals surface area contributed by atoms with Gasteiger partial charge in [0, 0.05) is 6.04 Å². The number of hydrogen-bond acceptors (Lipinski definition) is 2. The fourth-order valence-corrected chi connectivity index (χ4v) is 3.48. The minimum absolute atomic E-state index is 0.00811. The Bertz CT molecular complexity index is 396. The molecule has 1 N–H and O–H groups in total. The van der Waals surface area contributed by atoms with Crippen LogP contribution in [0, 0.1) is 5.92 Å². The summed E-state index contributed by atoms with van der Waals surface area (Å²) in [7, 11) is 0. The van der Waals surface area contributed by atoms with Gasteiger partial charge in [-0.1, -0.05) is 26.7 Å². The van der Waals surface area contributed by atoms with E-state index in [1.807, 2.05) is 25.7 Å². The summed E-state index contributed by atoms with van der Waals surface area (Å²) >= 11 is 0. The maximum absolute atomic E-state index is 12.8. The lowest BCUT2D eigenvalue weighted by atomic mass is 9.89. The van der Waals surface area contributed by atoms with Gasteiger partial charge in [0.15, 0.2) is 0 Å². The number of nitrogens with zero attached hydrogens (tertiary/aromatic N) is 1. The predicted octanol–water partition coefficient (Wildman–Crippen LogP) is 2.47. The van der Waals surface area contributed by atoms with Crippen LogP contribution in [0.3, 0.4) is 0 Å². The van der Waals surface area contributed by atoms with E-state index < -0.39 is 5.54 Å². The summed E-state index contributed by atoms with van der Waals surface area (Å²) in [6.07, 6.45) is 6.27. The summed E-state index contributed by atoms with van der Waals surface area (Å²) in [5, 5.41) is 2.91. The van der Waals surface area contributed by atoms with Gasteiger partial charge in [-0.25, -0.2) is 0 Å². The molecule has 1 heterocycles. The molecule has 2 rings (SSSR count). The zero-order valence-electron chi connectivity index (χ0n) is 13.2. The van der Waals surface area contributed by atoms with E-state index in [1.54, 1.807) is 0 Å². The van der Waals surface area contributed by atoms with Crippen LogP contribution in [0.4, 0.5) is 0 Å². The molecule has 4 unspecified atom stereocenters. The van der Waals surface area contributed by atoms with E-state index in [4.69, 9.17) is 0 Å². The lowest BCUT2D eigenvalue weighted by Crippen LogP contribution is -2.70. The van der Waals surface area contributed by atoms with E-state index in [9.17, 15) is 9.59 Å². The Morgan fingerprint density at radius 2 is 1.90 bits per heavy atom. The summed E-state index contributed by atoms with van der Waals surface area (Å²) < 4.78 is 0. The van der Waals surface area contributed by atoms with Crippen molar-refractivity contribution >= 4 is 11.8 Å². The van der Waals surface area contributed by atoms with Crippen molar-refractivity contribution in [2.24, 2.45) is 5.92 Å². The zero-order chi connectivity index (χ0) is 14.9. The number of amides is 2. The van der Waals surface area contributed by atoms with Gasteiger partial charge in [0.2, 0.25) is 11.8 Å². The van der Waals surface area contributed by atoms with Crippen molar-refractivity contribution in [1.29, 1.82) is 0 Å². The average Bonchev–Trinajstić information content (AvgIpc) is 2.62. The van der Waals surface area contributed by atoms with Gasteiger partial charge in [0.25, 0.3) is 0 Å². The molecule has 0 aromatic carbocycles. The molecule has 20 heavy (non-hydrogen) atoms. The van der Waals surface area contributed by atoms with Gasteiger partial charge in [-0.3, -0.25) is 9.59 Å². The molecule has 1 saturated heterocycles. The van der Waals surface area contributed by atoms with Crippen LogP contribution in [0.15, 0.2) is 0 Å². The summed E-state index contributed by atoms with van der Waals surface area (Å²) in [6, 6.07) is -0.0973. The first-order chi connectivity index (χ1) is 9.39. The quantitative estimate of drug-likeness (QED) is 0.790. The Labute approximate surface area is 122 Å². The number of hydrogen-bond donors (Lipinski definition) is 1. The van der Waals surface area contributed by atoms with E-state index in [-0.39, 0.29) is 23.9 Å². The van der Waals surface area contributed by atoms with Crippen molar-refractivity contribution in [3.8, 4) is 0 Å². The van der Waals surface area contributed by atoms with Crippen molar-refractivity contribution in [3.05, 3.63) is 0 Å². The zero-order valence-corrected chi connectivity index (χ0v) is 13.2. The number of carbonyl (C=O) groups is 2. The highest BCUT2D eigenvalue weighted by Crippen LogP contribution is 2.31. The molecule has 0 spiro atoms. The fourth-order valence-electron chi connectivity index (χ4n) is 3.48. The Balaban J connectivity index is 2.22. The van der Waals surface area contributed by atoms with E-state index in [0.29, 0.717) is 6.42 Å². The largest absolute Gasteiger partial charge is 0.340 e. The van der Waals surface area contributed by atoms with Crippen LogP contribution < -0.4 is 5.32 Å². The van der Waals surface area contributed by atoms with Gasteiger partial charge in [-0.2, -0.15) is 0 Å². The number of piperazine rings is 1. The monoisotopic (exact) mass is 280 g/mol. The van der Waals surface area contributed by atoms with Crippen LogP contribution in [0.25, 0.3) is 0 Å². The molecule has 1 aliphatic carbocycles. The SMILES string of the molecule is CCC1(C)NC(=O)C(C)N(C2CCCC(C)CC2)C1=O. The number of carbonyl (C=O) groups excluding carboxylic acids is 2. The molecule has 4 heteroatoms. The van der Waals surface area contributed by atoms with Crippen LogP contribution >= 0.6 is 0 Å². The predicted molar refractivity (Wildman–Crippen MR) is 79.2 cm³/mol. The molecule has 1 aliphatic heterocycles. The second-order valence-electron chi connectivity index (χ2n) is 6.83. The highest BCUT2D eigenvalue weighted by Gasteiger charge is 2.47. The van der Waals surface area contributed by atoms with Gasteiger partial charge >= 0.3 is 0 Å². The molecule has 2 aliphatic rings. The Hall–Kier alpha value is -1.06. The first-order valence-electron chi connectivity index (χ1n) is 8.04. The van der Waals surface area contributed by atoms with Crippen molar-refractivity contribution in [1.82, 2.24) is 10.2 Å². The van der Waals surface area contributed by atoms with Gasteiger partial charge in [0.05, 0.1) is 0 Å². The van der Waals surface area contributed by atoms with E-state index in [2.05, 4.69) is 12.2 Å². The van der Waals surface area contributed by atoms with Crippen LogP contribution in [0.5, 0.6) is 0 Å². The average molecular weight is 280 g/mol. The normalized spacial score (nSPS) is 39.4. The molecular formula is C16H28N2O2. The van der Waals surface area contributed by atoms with E-state index >= 15 is 0 Å². The van der Waals surface area contributed by atoms with Crippen LogP contribution in [-0.2, 0) is 9.59 Å². The standard InChI is InChI=1S/C16H28N2O2/c1-5-16(4)15(20)18(12(3)14(19)17-16)13-8-6-7-11(2)9-10-13/h11-13H,5-10H2,1-4H3,(H,17,19). The minimum Gasteiger partial charge on any atom is -0.340 e. The molecule has 0 bridgehead atoms. The minimum atomic E-state index is -0.721. The van der Waals surface area contributed by atoms with Gasteiger partial charge in [0.1, 0.15) is 11.6 Å². The Morgan fingerprint density at radius 3 is 2.55 bits per heavy atom. The van der Waals surface area contributed by atoms with Crippen molar-refractivity contribution in [2.75, 3.05) is 0 Å². The van der Waals surface area contributed by atoms with Crippen molar-refractivity contribution < 1.29 is 9.59 Å². The lowest BCUT2D eigenvalue weighted by molar-refractivity contribution is -0.157. The Kier molecular flexibility index (Phi) is 4.40. The van der Waals surface area contributed by atoms with Gasteiger partial charge in [-0.15, -0.1) is 0 Å². The molecule has 4 atom stereocenters. The highest BCUT2D eigenvalue weighted by atomic mass is 16.2. The molecule has 1 saturated carbocycles. The molecule has 2 fully saturated rings. The number of nitrogens with one attached hydrogen (secondary N) is 1. The van der Waals surface area contributed by atoms with Crippen molar-refractivity contribution in [3.63, 3.8) is 0 Å². The molecule has 0 aromatic heterocycles. The summed E-state index contributed by atoms with van der Waals surface area (Å²) in [5.41, 5.74) is -0.721. The van der Waals surface area contributed by atoms with Crippen LogP contribution in [0.2, 0.25) is 0 Å². The van der Waals surface area contributed by atoms with Crippen LogP contribution in [-0.4, -0.2) is 34.3 Å². The summed E-state index contributed by atoms with van der Waals surface area (Å²) in [6.45, 7) is 7.95. The maximum Gasteiger partial charge on any atom is 0.248 e. The lowest BCUT2D eigenvalue weighted by Gasteiger charge is -2.46. The maximum atomic E-state index is 12.8. The third-order valence-corrected chi connectivity index (χ3v) is 5.23. The molecule has 4 nitrogen and oxygen atoms in total. The third-order valence-electron chi connectivity index (χ3n) is 5.23. The van der Waals surface area contributed by atoms with E-state index in [0.717, 1.165) is 31.6 Å². The van der Waals surface area contributed by atoms with Crippen molar-refractivity contribution in [2.45, 2.75) is 83.8 Å². The van der Waals surface area contributed by atoms with Gasteiger partial charge < -0.3 is 10.2 Å². The first-order valence-corrected chi connectivity index (χ1v) is 8.04. The number of rotatable bonds is 2. The molecule has 2 amide bonds. The fraction of sp³-hybridized carbons (Fsp3) is 0.875. The topological polar surface area (TPSA) is 49.4 Å². The second kappa shape index (κ2) is 5.74. The molecular weight excluding hydrogens is 252 g/mol. The summed E-state index contributed by atoms with van der Waals surface area (Å²) in [4.78, 5) is 26.9. The van der Waals surface area contributed by atoms with Crippen LogP contribution in [0.1, 0.15) is 66.2 Å². The molecule has 114 valence electrons. The molecule has 0 aromatic rings. The summed E-state index contributed by atoms with van der Waals surface area (Å²) in [5.74, 6) is 0.833.